The van der Waals surface area contributed by atoms with E-state index in [1.807, 2.05) is 29.2 Å². The highest BCUT2D eigenvalue weighted by atomic mass is 32.1. The molecule has 0 aliphatic carbocycles. The summed E-state index contributed by atoms with van der Waals surface area (Å²) in [5.74, 6) is 0.199. The maximum absolute atomic E-state index is 11.8. The molecule has 0 bridgehead atoms. The molecule has 1 aliphatic rings. The monoisotopic (exact) mass is 367 g/mol. The Kier molecular flexibility index (Phi) is 5.57. The molecule has 1 heterocycles. The number of thiocarbonyl (C=S) groups is 1. The summed E-state index contributed by atoms with van der Waals surface area (Å²) >= 11 is 5.45. The number of benzene rings is 2. The lowest BCUT2D eigenvalue weighted by atomic mass is 10.0. The van der Waals surface area contributed by atoms with Crippen LogP contribution in [0.5, 0.6) is 0 Å². The van der Waals surface area contributed by atoms with Crippen LogP contribution in [0.4, 0.5) is 11.4 Å². The van der Waals surface area contributed by atoms with Crippen LogP contribution in [0.15, 0.2) is 42.5 Å². The summed E-state index contributed by atoms with van der Waals surface area (Å²) < 4.78 is 0. The Morgan fingerprint density at radius 1 is 1.15 bits per heavy atom. The lowest BCUT2D eigenvalue weighted by molar-refractivity contribution is -0.117. The first-order chi connectivity index (χ1) is 12.4. The van der Waals surface area contributed by atoms with E-state index in [2.05, 4.69) is 49.6 Å². The third-order valence-corrected chi connectivity index (χ3v) is 4.97. The largest absolute Gasteiger partial charge is 0.356 e. The number of rotatable bonds is 4. The van der Waals surface area contributed by atoms with Crippen molar-refractivity contribution in [1.82, 2.24) is 5.32 Å². The van der Waals surface area contributed by atoms with Gasteiger partial charge in [0.05, 0.1) is 6.04 Å². The van der Waals surface area contributed by atoms with E-state index < -0.39 is 0 Å². The van der Waals surface area contributed by atoms with Gasteiger partial charge in [0.2, 0.25) is 5.91 Å². The molecule has 0 saturated carbocycles. The zero-order valence-electron chi connectivity index (χ0n) is 15.5. The maximum atomic E-state index is 11.8. The maximum Gasteiger partial charge on any atom is 0.227 e. The standard InChI is InChI=1S/C21H25N3OS/c1-14-6-11-19(15(2)13-14)16(3)22-21(26)23-17-7-9-18(10-8-17)24-12-4-5-20(24)25/h6-11,13,16H,4-5,12H2,1-3H3,(H2,22,23,26). The Morgan fingerprint density at radius 2 is 1.88 bits per heavy atom. The molecule has 0 spiro atoms. The fraction of sp³-hybridized carbons (Fsp3) is 0.333. The molecule has 1 amide bonds. The molecule has 1 aliphatic heterocycles. The fourth-order valence-electron chi connectivity index (χ4n) is 3.40. The van der Waals surface area contributed by atoms with Gasteiger partial charge in [0, 0.05) is 24.3 Å². The number of aryl methyl sites for hydroxylation is 2. The summed E-state index contributed by atoms with van der Waals surface area (Å²) in [6, 6.07) is 14.4. The number of anilines is 2. The molecule has 4 nitrogen and oxygen atoms in total. The van der Waals surface area contributed by atoms with Crippen molar-refractivity contribution < 1.29 is 4.79 Å². The van der Waals surface area contributed by atoms with E-state index in [0.717, 1.165) is 24.3 Å². The third kappa shape index (κ3) is 4.22. The van der Waals surface area contributed by atoms with E-state index >= 15 is 0 Å². The SMILES string of the molecule is Cc1ccc(C(C)NC(=S)Nc2ccc(N3CCCC3=O)cc2)c(C)c1. The van der Waals surface area contributed by atoms with Crippen molar-refractivity contribution in [3.63, 3.8) is 0 Å². The molecule has 0 radical (unpaired) electrons. The van der Waals surface area contributed by atoms with Crippen molar-refractivity contribution in [1.29, 1.82) is 0 Å². The topological polar surface area (TPSA) is 44.4 Å². The summed E-state index contributed by atoms with van der Waals surface area (Å²) in [6.07, 6.45) is 1.58. The summed E-state index contributed by atoms with van der Waals surface area (Å²) in [7, 11) is 0. The molecular weight excluding hydrogens is 342 g/mol. The molecule has 2 aromatic carbocycles. The van der Waals surface area contributed by atoms with Crippen LogP contribution in [0.2, 0.25) is 0 Å². The summed E-state index contributed by atoms with van der Waals surface area (Å²) in [5.41, 5.74) is 5.61. The van der Waals surface area contributed by atoms with E-state index in [1.165, 1.54) is 16.7 Å². The highest BCUT2D eigenvalue weighted by Gasteiger charge is 2.21. The highest BCUT2D eigenvalue weighted by Crippen LogP contribution is 2.23. The number of amides is 1. The summed E-state index contributed by atoms with van der Waals surface area (Å²) in [5, 5.41) is 7.14. The van der Waals surface area contributed by atoms with Gasteiger partial charge in [-0.3, -0.25) is 4.79 Å². The predicted molar refractivity (Wildman–Crippen MR) is 112 cm³/mol. The second kappa shape index (κ2) is 7.87. The minimum atomic E-state index is 0.122. The number of hydrogen-bond donors (Lipinski definition) is 2. The van der Waals surface area contributed by atoms with E-state index in [-0.39, 0.29) is 11.9 Å². The molecular formula is C21H25N3OS. The molecule has 2 aromatic rings. The smallest absolute Gasteiger partial charge is 0.227 e. The Hall–Kier alpha value is -2.40. The van der Waals surface area contributed by atoms with E-state index in [1.54, 1.807) is 0 Å². The number of hydrogen-bond acceptors (Lipinski definition) is 2. The van der Waals surface area contributed by atoms with Crippen LogP contribution >= 0.6 is 12.2 Å². The second-order valence-corrected chi connectivity index (χ2v) is 7.28. The first kappa shape index (κ1) is 18.4. The van der Waals surface area contributed by atoms with Crippen molar-refractivity contribution >= 4 is 34.6 Å². The summed E-state index contributed by atoms with van der Waals surface area (Å²) in [6.45, 7) is 7.13. The Balaban J connectivity index is 1.60. The first-order valence-corrected chi connectivity index (χ1v) is 9.40. The van der Waals surface area contributed by atoms with Gasteiger partial charge < -0.3 is 15.5 Å². The van der Waals surface area contributed by atoms with Crippen LogP contribution < -0.4 is 15.5 Å². The Morgan fingerprint density at radius 3 is 2.50 bits per heavy atom. The van der Waals surface area contributed by atoms with Crippen molar-refractivity contribution in [2.24, 2.45) is 0 Å². The quantitative estimate of drug-likeness (QED) is 0.782. The molecule has 1 saturated heterocycles. The summed E-state index contributed by atoms with van der Waals surface area (Å²) in [4.78, 5) is 13.7. The lowest BCUT2D eigenvalue weighted by Crippen LogP contribution is -2.31. The molecule has 1 atom stereocenters. The van der Waals surface area contributed by atoms with Gasteiger partial charge >= 0.3 is 0 Å². The van der Waals surface area contributed by atoms with Gasteiger partial charge in [-0.15, -0.1) is 0 Å². The molecule has 2 N–H and O–H groups in total. The average molecular weight is 368 g/mol. The number of nitrogens with zero attached hydrogens (tertiary/aromatic N) is 1. The molecule has 0 aromatic heterocycles. The van der Waals surface area contributed by atoms with Gasteiger partial charge in [-0.05, 0) is 74.8 Å². The van der Waals surface area contributed by atoms with Gasteiger partial charge in [-0.25, -0.2) is 0 Å². The normalized spacial score (nSPS) is 15.0. The Labute approximate surface area is 160 Å². The number of carbonyl (C=O) groups is 1. The van der Waals surface area contributed by atoms with Crippen LogP contribution in [0.3, 0.4) is 0 Å². The van der Waals surface area contributed by atoms with Crippen molar-refractivity contribution in [2.45, 2.75) is 39.7 Å². The zero-order chi connectivity index (χ0) is 18.7. The van der Waals surface area contributed by atoms with E-state index in [0.29, 0.717) is 11.5 Å². The predicted octanol–water partition coefficient (Wildman–Crippen LogP) is 4.48. The lowest BCUT2D eigenvalue weighted by Gasteiger charge is -2.20. The van der Waals surface area contributed by atoms with Crippen LogP contribution in [-0.2, 0) is 4.79 Å². The van der Waals surface area contributed by atoms with Crippen molar-refractivity contribution in [2.75, 3.05) is 16.8 Å². The van der Waals surface area contributed by atoms with E-state index in [9.17, 15) is 4.79 Å². The van der Waals surface area contributed by atoms with Gasteiger partial charge in [0.25, 0.3) is 0 Å². The highest BCUT2D eigenvalue weighted by molar-refractivity contribution is 7.80. The first-order valence-electron chi connectivity index (χ1n) is 8.99. The molecule has 26 heavy (non-hydrogen) atoms. The number of carbonyl (C=O) groups excluding carboxylic acids is 1. The molecule has 1 fully saturated rings. The zero-order valence-corrected chi connectivity index (χ0v) is 16.3. The average Bonchev–Trinajstić information content (AvgIpc) is 3.01. The van der Waals surface area contributed by atoms with Crippen LogP contribution in [-0.4, -0.2) is 17.6 Å². The molecule has 1 unspecified atom stereocenters. The Bertz CT molecular complexity index is 817. The third-order valence-electron chi connectivity index (χ3n) is 4.75. The molecule has 136 valence electrons. The fourth-order valence-corrected chi connectivity index (χ4v) is 3.69. The minimum Gasteiger partial charge on any atom is -0.356 e. The minimum absolute atomic E-state index is 0.122. The van der Waals surface area contributed by atoms with Crippen LogP contribution in [0.25, 0.3) is 0 Å². The molecule has 3 rings (SSSR count). The van der Waals surface area contributed by atoms with Crippen LogP contribution in [0, 0.1) is 13.8 Å². The van der Waals surface area contributed by atoms with Crippen molar-refractivity contribution in [3.05, 3.63) is 59.2 Å². The second-order valence-electron chi connectivity index (χ2n) is 6.88. The van der Waals surface area contributed by atoms with Gasteiger partial charge in [0.1, 0.15) is 0 Å². The van der Waals surface area contributed by atoms with E-state index in [4.69, 9.17) is 12.2 Å². The van der Waals surface area contributed by atoms with Gasteiger partial charge in [0.15, 0.2) is 5.11 Å². The van der Waals surface area contributed by atoms with Gasteiger partial charge in [-0.1, -0.05) is 23.8 Å². The van der Waals surface area contributed by atoms with Crippen LogP contribution in [0.1, 0.15) is 42.5 Å². The number of nitrogens with one attached hydrogen (secondary N) is 2. The van der Waals surface area contributed by atoms with Gasteiger partial charge in [-0.2, -0.15) is 0 Å². The van der Waals surface area contributed by atoms with Crippen molar-refractivity contribution in [3.8, 4) is 0 Å². The molecule has 5 heteroatoms.